The number of aromatic nitrogens is 4. The van der Waals surface area contributed by atoms with Gasteiger partial charge >= 0.3 is 5.97 Å². The number of nitrogens with one attached hydrogen (secondary N) is 1. The topological polar surface area (TPSA) is 107 Å². The summed E-state index contributed by atoms with van der Waals surface area (Å²) in [6.45, 7) is 0.286. The zero-order valence-corrected chi connectivity index (χ0v) is 7.23. The lowest BCUT2D eigenvalue weighted by Crippen LogP contribution is -2.18. The van der Waals surface area contributed by atoms with E-state index in [0.717, 1.165) is 0 Å². The van der Waals surface area contributed by atoms with E-state index in [1.165, 1.54) is 7.11 Å². The van der Waals surface area contributed by atoms with Crippen LogP contribution in [0.25, 0.3) is 0 Å². The number of carbonyl (C=O) groups excluding carboxylic acids is 1. The second-order valence-corrected chi connectivity index (χ2v) is 2.48. The molecule has 0 aliphatic heterocycles. The summed E-state index contributed by atoms with van der Waals surface area (Å²) in [5.41, 5.74) is 5.44. The number of ether oxygens (including phenoxy) is 1. The summed E-state index contributed by atoms with van der Waals surface area (Å²) in [4.78, 5) is 10.9. The molecule has 1 unspecified atom stereocenters. The molecule has 0 radical (unpaired) electrons. The first-order chi connectivity index (χ1) is 6.27. The molecule has 0 saturated carbocycles. The Labute approximate surface area is 74.6 Å². The predicted octanol–water partition coefficient (Wildman–Crippen LogP) is -1.19. The van der Waals surface area contributed by atoms with Crippen LogP contribution in [0.15, 0.2) is 0 Å². The molecule has 1 atom stereocenters. The molecule has 0 aliphatic carbocycles. The van der Waals surface area contributed by atoms with E-state index < -0.39 is 0 Å². The predicted molar refractivity (Wildman–Crippen MR) is 42.6 cm³/mol. The summed E-state index contributed by atoms with van der Waals surface area (Å²) in [6, 6.07) is 0. The highest BCUT2D eigenvalue weighted by Gasteiger charge is 2.18. The van der Waals surface area contributed by atoms with Crippen LogP contribution < -0.4 is 5.73 Å². The van der Waals surface area contributed by atoms with Crippen LogP contribution in [0, 0.1) is 0 Å². The summed E-state index contributed by atoms with van der Waals surface area (Å²) in [5, 5.41) is 13.2. The molecule has 3 N–H and O–H groups in total. The number of methoxy groups -OCH3 is 1. The van der Waals surface area contributed by atoms with Crippen LogP contribution >= 0.6 is 0 Å². The number of carbonyl (C=O) groups is 1. The Hall–Kier alpha value is -1.50. The fraction of sp³-hybridized carbons (Fsp3) is 0.667. The lowest BCUT2D eigenvalue weighted by molar-refractivity contribution is -0.141. The van der Waals surface area contributed by atoms with Gasteiger partial charge in [0, 0.05) is 12.5 Å². The maximum atomic E-state index is 10.9. The number of aromatic amines is 1. The van der Waals surface area contributed by atoms with Crippen LogP contribution in [0.3, 0.4) is 0 Å². The number of nitrogens with two attached hydrogens (primary N) is 1. The van der Waals surface area contributed by atoms with Crippen molar-refractivity contribution in [2.45, 2.75) is 12.3 Å². The molecule has 1 rings (SSSR count). The Balaban J connectivity index is 2.58. The highest BCUT2D eigenvalue weighted by atomic mass is 16.5. The zero-order valence-electron chi connectivity index (χ0n) is 7.23. The molecule has 0 saturated heterocycles. The van der Waals surface area contributed by atoms with Crippen LogP contribution in [0.2, 0.25) is 0 Å². The van der Waals surface area contributed by atoms with Crippen molar-refractivity contribution >= 4 is 5.97 Å². The van der Waals surface area contributed by atoms with Crippen LogP contribution in [0.5, 0.6) is 0 Å². The number of H-pyrrole nitrogens is 1. The van der Waals surface area contributed by atoms with Gasteiger partial charge in [0.15, 0.2) is 5.82 Å². The van der Waals surface area contributed by atoms with Gasteiger partial charge in [-0.05, 0) is 0 Å². The average molecular weight is 185 g/mol. The maximum Gasteiger partial charge on any atom is 0.306 e. The van der Waals surface area contributed by atoms with Crippen LogP contribution in [0.4, 0.5) is 0 Å². The van der Waals surface area contributed by atoms with Crippen molar-refractivity contribution in [3.63, 3.8) is 0 Å². The lowest BCUT2D eigenvalue weighted by atomic mass is 10.1. The van der Waals surface area contributed by atoms with Crippen molar-refractivity contribution < 1.29 is 9.53 Å². The van der Waals surface area contributed by atoms with Gasteiger partial charge in [-0.15, -0.1) is 10.2 Å². The smallest absolute Gasteiger partial charge is 0.306 e. The quantitative estimate of drug-likeness (QED) is 0.571. The van der Waals surface area contributed by atoms with E-state index >= 15 is 0 Å². The molecule has 13 heavy (non-hydrogen) atoms. The minimum Gasteiger partial charge on any atom is -0.469 e. The van der Waals surface area contributed by atoms with Gasteiger partial charge in [-0.25, -0.2) is 0 Å². The Bertz CT molecular complexity index is 260. The summed E-state index contributed by atoms with van der Waals surface area (Å²) in [7, 11) is 1.33. The SMILES string of the molecule is COC(=O)CC(CN)c1nn[nH]n1. The Morgan fingerprint density at radius 1 is 1.77 bits per heavy atom. The van der Waals surface area contributed by atoms with Crippen molar-refractivity contribution in [1.82, 2.24) is 20.6 Å². The standard InChI is InChI=1S/C6H11N5O2/c1-13-5(12)2-4(3-7)6-8-10-11-9-6/h4H,2-3,7H2,1H3,(H,8,9,10,11). The molecule has 7 heteroatoms. The second kappa shape index (κ2) is 4.51. The first-order valence-electron chi connectivity index (χ1n) is 3.78. The third kappa shape index (κ3) is 2.48. The second-order valence-electron chi connectivity index (χ2n) is 2.48. The number of esters is 1. The van der Waals surface area contributed by atoms with Crippen LogP contribution in [-0.4, -0.2) is 40.2 Å². The Morgan fingerprint density at radius 2 is 2.54 bits per heavy atom. The van der Waals surface area contributed by atoms with Gasteiger partial charge in [-0.2, -0.15) is 5.21 Å². The molecule has 7 nitrogen and oxygen atoms in total. The minimum absolute atomic E-state index is 0.173. The van der Waals surface area contributed by atoms with Crippen molar-refractivity contribution in [1.29, 1.82) is 0 Å². The summed E-state index contributed by atoms with van der Waals surface area (Å²) in [6.07, 6.45) is 0.173. The van der Waals surface area contributed by atoms with E-state index in [0.29, 0.717) is 5.82 Å². The number of hydrogen-bond donors (Lipinski definition) is 2. The molecule has 0 aromatic carbocycles. The summed E-state index contributed by atoms with van der Waals surface area (Å²) >= 11 is 0. The monoisotopic (exact) mass is 185 g/mol. The van der Waals surface area contributed by atoms with Gasteiger partial charge in [0.2, 0.25) is 0 Å². The third-order valence-electron chi connectivity index (χ3n) is 1.65. The Kier molecular flexibility index (Phi) is 3.32. The van der Waals surface area contributed by atoms with Crippen molar-refractivity contribution in [3.05, 3.63) is 5.82 Å². The normalized spacial score (nSPS) is 12.5. The van der Waals surface area contributed by atoms with Crippen LogP contribution in [0.1, 0.15) is 18.2 Å². The molecular weight excluding hydrogens is 174 g/mol. The van der Waals surface area contributed by atoms with E-state index in [1.807, 2.05) is 0 Å². The molecule has 0 spiro atoms. The van der Waals surface area contributed by atoms with E-state index in [1.54, 1.807) is 0 Å². The van der Waals surface area contributed by atoms with E-state index in [9.17, 15) is 4.79 Å². The maximum absolute atomic E-state index is 10.9. The highest BCUT2D eigenvalue weighted by Crippen LogP contribution is 2.12. The van der Waals surface area contributed by atoms with Gasteiger partial charge in [-0.1, -0.05) is 5.21 Å². The van der Waals surface area contributed by atoms with Gasteiger partial charge in [0.1, 0.15) is 0 Å². The minimum atomic E-state index is -0.333. The molecule has 1 heterocycles. The number of rotatable bonds is 4. The molecular formula is C6H11N5O2. The van der Waals surface area contributed by atoms with E-state index in [2.05, 4.69) is 25.4 Å². The van der Waals surface area contributed by atoms with Gasteiger partial charge in [0.25, 0.3) is 0 Å². The average Bonchev–Trinajstić information content (AvgIpc) is 2.66. The molecule has 0 bridgehead atoms. The van der Waals surface area contributed by atoms with Gasteiger partial charge in [-0.3, -0.25) is 4.79 Å². The first kappa shape index (κ1) is 9.59. The summed E-state index contributed by atoms with van der Waals surface area (Å²) < 4.78 is 4.50. The largest absolute Gasteiger partial charge is 0.469 e. The number of hydrogen-bond acceptors (Lipinski definition) is 6. The fourth-order valence-electron chi connectivity index (χ4n) is 0.907. The highest BCUT2D eigenvalue weighted by molar-refractivity contribution is 5.70. The van der Waals surface area contributed by atoms with Crippen molar-refractivity contribution in [2.75, 3.05) is 13.7 Å². The molecule has 0 fully saturated rings. The van der Waals surface area contributed by atoms with E-state index in [-0.39, 0.29) is 24.9 Å². The van der Waals surface area contributed by atoms with Gasteiger partial charge in [0.05, 0.1) is 13.5 Å². The molecule has 0 amide bonds. The van der Waals surface area contributed by atoms with Crippen molar-refractivity contribution in [3.8, 4) is 0 Å². The molecule has 1 aromatic heterocycles. The Morgan fingerprint density at radius 3 is 3.00 bits per heavy atom. The molecule has 0 aliphatic rings. The number of tetrazole rings is 1. The van der Waals surface area contributed by atoms with Crippen molar-refractivity contribution in [2.24, 2.45) is 5.73 Å². The summed E-state index contributed by atoms with van der Waals surface area (Å²) in [5.74, 6) is -0.126. The number of nitrogens with zero attached hydrogens (tertiary/aromatic N) is 3. The molecule has 72 valence electrons. The van der Waals surface area contributed by atoms with Gasteiger partial charge < -0.3 is 10.5 Å². The van der Waals surface area contributed by atoms with Crippen LogP contribution in [-0.2, 0) is 9.53 Å². The third-order valence-corrected chi connectivity index (χ3v) is 1.65. The van der Waals surface area contributed by atoms with E-state index in [4.69, 9.17) is 5.73 Å². The zero-order chi connectivity index (χ0) is 9.68. The first-order valence-corrected chi connectivity index (χ1v) is 3.78. The molecule has 1 aromatic rings. The fourth-order valence-corrected chi connectivity index (χ4v) is 0.907. The lowest BCUT2D eigenvalue weighted by Gasteiger charge is -2.07.